The number of nitrogens with one attached hydrogen (secondary N) is 1. The number of aliphatic hydroxyl groups is 1. The van der Waals surface area contributed by atoms with E-state index >= 15 is 0 Å². The van der Waals surface area contributed by atoms with Crippen LogP contribution in [0.2, 0.25) is 0 Å². The first-order valence-corrected chi connectivity index (χ1v) is 6.87. The normalized spacial score (nSPS) is 33.3. The summed E-state index contributed by atoms with van der Waals surface area (Å²) in [7, 11) is 0. The number of hydrogen-bond donors (Lipinski definition) is 2. The van der Waals surface area contributed by atoms with Crippen molar-refractivity contribution < 1.29 is 9.90 Å². The van der Waals surface area contributed by atoms with Crippen LogP contribution in [0.15, 0.2) is 11.6 Å². The molecule has 18 heavy (non-hydrogen) atoms. The second-order valence-electron chi connectivity index (χ2n) is 5.84. The molecule has 0 unspecified atom stereocenters. The van der Waals surface area contributed by atoms with Crippen LogP contribution in [0, 0.1) is 5.41 Å². The van der Waals surface area contributed by atoms with Crippen molar-refractivity contribution in [1.29, 1.82) is 0 Å². The Hall–Kier alpha value is -0.870. The van der Waals surface area contributed by atoms with Gasteiger partial charge in [0.25, 0.3) is 0 Å². The number of piperidine rings is 2. The molecule has 2 saturated heterocycles. The molecule has 4 nitrogen and oxygen atoms in total. The average Bonchev–Trinajstić information content (AvgIpc) is 2.34. The molecular formula is C14H24N2O2. The molecule has 2 heterocycles. The van der Waals surface area contributed by atoms with Crippen LogP contribution < -0.4 is 5.32 Å². The summed E-state index contributed by atoms with van der Waals surface area (Å²) < 4.78 is 0. The van der Waals surface area contributed by atoms with E-state index in [1.165, 1.54) is 5.57 Å². The minimum absolute atomic E-state index is 0.0446. The summed E-state index contributed by atoms with van der Waals surface area (Å²) in [4.78, 5) is 14.4. The lowest BCUT2D eigenvalue weighted by Gasteiger charge is -2.46. The van der Waals surface area contributed by atoms with Gasteiger partial charge in [0.2, 0.25) is 5.91 Å². The van der Waals surface area contributed by atoms with E-state index in [0.29, 0.717) is 13.0 Å². The summed E-state index contributed by atoms with van der Waals surface area (Å²) in [6, 6.07) is 0. The van der Waals surface area contributed by atoms with Crippen LogP contribution in [-0.4, -0.2) is 48.2 Å². The Morgan fingerprint density at radius 3 is 3.06 bits per heavy atom. The molecule has 0 radical (unpaired) electrons. The summed E-state index contributed by atoms with van der Waals surface area (Å²) in [6.07, 6.45) is 4.18. The number of nitrogens with zero attached hydrogens (tertiary/aromatic N) is 1. The Balaban J connectivity index is 2.08. The third-order valence-corrected chi connectivity index (χ3v) is 4.16. The number of carbonyl (C=O) groups excluding carboxylic acids is 1. The fourth-order valence-electron chi connectivity index (χ4n) is 3.00. The van der Waals surface area contributed by atoms with Crippen LogP contribution in [-0.2, 0) is 4.79 Å². The smallest absolute Gasteiger partial charge is 0.230 e. The first-order valence-electron chi connectivity index (χ1n) is 6.87. The van der Waals surface area contributed by atoms with Gasteiger partial charge in [-0.1, -0.05) is 11.6 Å². The fourth-order valence-corrected chi connectivity index (χ4v) is 3.00. The third kappa shape index (κ3) is 2.59. The van der Waals surface area contributed by atoms with E-state index in [1.54, 1.807) is 0 Å². The topological polar surface area (TPSA) is 52.6 Å². The first kappa shape index (κ1) is 13.6. The van der Waals surface area contributed by atoms with E-state index in [0.717, 1.165) is 32.5 Å². The number of amides is 1. The van der Waals surface area contributed by atoms with Gasteiger partial charge in [0.15, 0.2) is 0 Å². The molecule has 2 aliphatic rings. The zero-order valence-corrected chi connectivity index (χ0v) is 11.4. The fraction of sp³-hybridized carbons (Fsp3) is 0.786. The molecule has 102 valence electrons. The quantitative estimate of drug-likeness (QED) is 0.718. The molecule has 2 atom stereocenters. The van der Waals surface area contributed by atoms with Crippen molar-refractivity contribution in [2.75, 3.05) is 26.2 Å². The van der Waals surface area contributed by atoms with Crippen molar-refractivity contribution in [3.8, 4) is 0 Å². The van der Waals surface area contributed by atoms with Crippen LogP contribution in [0.25, 0.3) is 0 Å². The summed E-state index contributed by atoms with van der Waals surface area (Å²) in [5.74, 6) is 0.0446. The second-order valence-corrected chi connectivity index (χ2v) is 5.84. The van der Waals surface area contributed by atoms with Gasteiger partial charge in [-0.05, 0) is 33.1 Å². The number of rotatable bonds is 2. The molecule has 2 N–H and O–H groups in total. The monoisotopic (exact) mass is 252 g/mol. The minimum Gasteiger partial charge on any atom is -0.392 e. The summed E-state index contributed by atoms with van der Waals surface area (Å²) in [5, 5.41) is 13.2. The maximum Gasteiger partial charge on any atom is 0.230 e. The molecule has 0 aromatic heterocycles. The molecule has 0 saturated carbocycles. The van der Waals surface area contributed by atoms with E-state index in [9.17, 15) is 9.90 Å². The molecule has 0 bridgehead atoms. The summed E-state index contributed by atoms with van der Waals surface area (Å²) in [5.41, 5.74) is 0.731. The summed E-state index contributed by atoms with van der Waals surface area (Å²) in [6.45, 7) is 7.36. The highest BCUT2D eigenvalue weighted by molar-refractivity contribution is 5.84. The zero-order valence-electron chi connectivity index (χ0n) is 11.4. The first-order chi connectivity index (χ1) is 8.54. The highest BCUT2D eigenvalue weighted by Crippen LogP contribution is 2.37. The van der Waals surface area contributed by atoms with Crippen molar-refractivity contribution in [2.24, 2.45) is 5.41 Å². The maximum atomic E-state index is 12.2. The van der Waals surface area contributed by atoms with Gasteiger partial charge >= 0.3 is 0 Å². The predicted molar refractivity (Wildman–Crippen MR) is 71.2 cm³/mol. The lowest BCUT2D eigenvalue weighted by Crippen LogP contribution is -2.61. The molecule has 0 aromatic carbocycles. The van der Waals surface area contributed by atoms with Crippen molar-refractivity contribution in [2.45, 2.75) is 39.2 Å². The number of hydrogen-bond acceptors (Lipinski definition) is 3. The van der Waals surface area contributed by atoms with E-state index in [4.69, 9.17) is 0 Å². The van der Waals surface area contributed by atoms with Gasteiger partial charge in [0.05, 0.1) is 11.5 Å². The number of likely N-dealkylation sites (tertiary alicyclic amines) is 1. The van der Waals surface area contributed by atoms with Crippen LogP contribution in [0.5, 0.6) is 0 Å². The van der Waals surface area contributed by atoms with Crippen molar-refractivity contribution in [3.63, 3.8) is 0 Å². The second kappa shape index (κ2) is 5.41. The molecule has 2 rings (SSSR count). The molecule has 0 aliphatic carbocycles. The van der Waals surface area contributed by atoms with E-state index in [2.05, 4.69) is 30.1 Å². The lowest BCUT2D eigenvalue weighted by atomic mass is 9.71. The van der Waals surface area contributed by atoms with E-state index < -0.39 is 11.5 Å². The number of aliphatic hydroxyl groups excluding tert-OH is 1. The molecule has 1 amide bonds. The van der Waals surface area contributed by atoms with Gasteiger partial charge in [-0.15, -0.1) is 0 Å². The highest BCUT2D eigenvalue weighted by atomic mass is 16.3. The SMILES string of the molecule is CC(C)=CCN1CC[C@H](O)[C@@]2(CCCNC2=O)C1. The van der Waals surface area contributed by atoms with Crippen molar-refractivity contribution in [3.05, 3.63) is 11.6 Å². The number of allylic oxidation sites excluding steroid dienone is 1. The van der Waals surface area contributed by atoms with Crippen molar-refractivity contribution in [1.82, 2.24) is 10.2 Å². The largest absolute Gasteiger partial charge is 0.392 e. The van der Waals surface area contributed by atoms with Gasteiger partial charge in [-0.3, -0.25) is 9.69 Å². The molecular weight excluding hydrogens is 228 g/mol. The van der Waals surface area contributed by atoms with Crippen LogP contribution in [0.4, 0.5) is 0 Å². The Kier molecular flexibility index (Phi) is 4.07. The van der Waals surface area contributed by atoms with Gasteiger partial charge in [0.1, 0.15) is 0 Å². The Labute approximate surface area is 109 Å². The molecule has 1 spiro atoms. The Morgan fingerprint density at radius 2 is 2.39 bits per heavy atom. The molecule has 4 heteroatoms. The number of carbonyl (C=O) groups is 1. The van der Waals surface area contributed by atoms with Gasteiger partial charge < -0.3 is 10.4 Å². The highest BCUT2D eigenvalue weighted by Gasteiger charge is 2.49. The van der Waals surface area contributed by atoms with Gasteiger partial charge in [0, 0.05) is 26.2 Å². The molecule has 2 fully saturated rings. The summed E-state index contributed by atoms with van der Waals surface area (Å²) >= 11 is 0. The Morgan fingerprint density at radius 1 is 1.61 bits per heavy atom. The third-order valence-electron chi connectivity index (χ3n) is 4.16. The van der Waals surface area contributed by atoms with Crippen LogP contribution in [0.3, 0.4) is 0 Å². The Bertz CT molecular complexity index is 350. The molecule has 2 aliphatic heterocycles. The van der Waals surface area contributed by atoms with Crippen LogP contribution >= 0.6 is 0 Å². The lowest BCUT2D eigenvalue weighted by molar-refractivity contribution is -0.148. The minimum atomic E-state index is -0.564. The van der Waals surface area contributed by atoms with Gasteiger partial charge in [-0.2, -0.15) is 0 Å². The van der Waals surface area contributed by atoms with E-state index in [1.807, 2.05) is 0 Å². The predicted octanol–water partition coefficient (Wildman–Crippen LogP) is 0.916. The van der Waals surface area contributed by atoms with Crippen LogP contribution in [0.1, 0.15) is 33.1 Å². The molecule has 0 aromatic rings. The van der Waals surface area contributed by atoms with Gasteiger partial charge in [-0.25, -0.2) is 0 Å². The van der Waals surface area contributed by atoms with E-state index in [-0.39, 0.29) is 5.91 Å². The zero-order chi connectivity index (χ0) is 13.2. The maximum absolute atomic E-state index is 12.2. The average molecular weight is 252 g/mol. The van der Waals surface area contributed by atoms with Crippen molar-refractivity contribution >= 4 is 5.91 Å². The standard InChI is InChI=1S/C14H24N2O2/c1-11(2)4-8-16-9-5-12(17)14(10-16)6-3-7-15-13(14)18/h4,12,17H,3,5-10H2,1-2H3,(H,15,18)/t12-,14+/m0/s1.